The predicted molar refractivity (Wildman–Crippen MR) is 60.3 cm³/mol. The number of fused-ring (bicyclic) bond motifs is 1. The average molecular weight is 211 g/mol. The van der Waals surface area contributed by atoms with Gasteiger partial charge in [0.15, 0.2) is 5.13 Å². The summed E-state index contributed by atoms with van der Waals surface area (Å²) in [7, 11) is 0. The number of anilines is 1. The molecule has 1 aromatic heterocycles. The summed E-state index contributed by atoms with van der Waals surface area (Å²) in [5.41, 5.74) is 3.90. The number of nitrogens with two attached hydrogens (primary N) is 1. The summed E-state index contributed by atoms with van der Waals surface area (Å²) in [5, 5.41) is 0.861. The van der Waals surface area contributed by atoms with Gasteiger partial charge in [-0.1, -0.05) is 13.8 Å². The van der Waals surface area contributed by atoms with E-state index in [9.17, 15) is 0 Å². The lowest BCUT2D eigenvalue weighted by atomic mass is 9.83. The Balaban J connectivity index is 2.17. The SMILES string of the molecule is CC(C)C1CCc2nc(NN)sc2C1. The van der Waals surface area contributed by atoms with Crippen LogP contribution in [-0.2, 0) is 12.8 Å². The molecule has 0 radical (unpaired) electrons. The van der Waals surface area contributed by atoms with Gasteiger partial charge in [-0.05, 0) is 31.1 Å². The number of nitrogens with zero attached hydrogens (tertiary/aromatic N) is 1. The van der Waals surface area contributed by atoms with E-state index in [1.807, 2.05) is 0 Å². The molecule has 0 aromatic carbocycles. The Labute approximate surface area is 88.7 Å². The first-order chi connectivity index (χ1) is 6.70. The van der Waals surface area contributed by atoms with Gasteiger partial charge in [-0.3, -0.25) is 5.43 Å². The summed E-state index contributed by atoms with van der Waals surface area (Å²) in [4.78, 5) is 5.88. The third-order valence-corrected chi connectivity index (χ3v) is 4.10. The molecule has 1 aliphatic carbocycles. The van der Waals surface area contributed by atoms with Gasteiger partial charge in [0.2, 0.25) is 0 Å². The summed E-state index contributed by atoms with van der Waals surface area (Å²) < 4.78 is 0. The number of aromatic nitrogens is 1. The molecular formula is C10H17N3S. The van der Waals surface area contributed by atoms with Crippen LogP contribution in [0.4, 0.5) is 5.13 Å². The number of nitrogen functional groups attached to an aromatic ring is 1. The van der Waals surface area contributed by atoms with Crippen molar-refractivity contribution in [2.45, 2.75) is 33.1 Å². The number of hydrogen-bond donors (Lipinski definition) is 2. The van der Waals surface area contributed by atoms with E-state index in [4.69, 9.17) is 5.84 Å². The molecule has 3 nitrogen and oxygen atoms in total. The summed E-state index contributed by atoms with van der Waals surface area (Å²) in [6, 6.07) is 0. The van der Waals surface area contributed by atoms with Crippen molar-refractivity contribution in [2.24, 2.45) is 17.7 Å². The minimum absolute atomic E-state index is 0.777. The Bertz CT molecular complexity index is 319. The van der Waals surface area contributed by atoms with Gasteiger partial charge in [0.05, 0.1) is 5.69 Å². The van der Waals surface area contributed by atoms with E-state index >= 15 is 0 Å². The smallest absolute Gasteiger partial charge is 0.197 e. The van der Waals surface area contributed by atoms with Crippen LogP contribution in [0.15, 0.2) is 0 Å². The molecule has 0 bridgehead atoms. The fourth-order valence-corrected chi connectivity index (χ4v) is 3.04. The maximum atomic E-state index is 5.35. The molecule has 0 aliphatic heterocycles. The molecule has 1 atom stereocenters. The highest BCUT2D eigenvalue weighted by atomic mass is 32.1. The largest absolute Gasteiger partial charge is 0.300 e. The Kier molecular flexibility index (Phi) is 2.74. The van der Waals surface area contributed by atoms with Crippen molar-refractivity contribution in [2.75, 3.05) is 5.43 Å². The number of thiazole rings is 1. The number of rotatable bonds is 2. The Hall–Kier alpha value is -0.610. The van der Waals surface area contributed by atoms with Crippen LogP contribution in [0.5, 0.6) is 0 Å². The second-order valence-electron chi connectivity index (χ2n) is 4.28. The maximum Gasteiger partial charge on any atom is 0.197 e. The highest BCUT2D eigenvalue weighted by Crippen LogP contribution is 2.34. The lowest BCUT2D eigenvalue weighted by Crippen LogP contribution is -2.17. The van der Waals surface area contributed by atoms with Gasteiger partial charge in [0, 0.05) is 4.88 Å². The molecule has 2 rings (SSSR count). The summed E-state index contributed by atoms with van der Waals surface area (Å²) in [5.74, 6) is 6.96. The fraction of sp³-hybridized carbons (Fsp3) is 0.700. The van der Waals surface area contributed by atoms with Gasteiger partial charge in [-0.2, -0.15) is 0 Å². The lowest BCUT2D eigenvalue weighted by molar-refractivity contribution is 0.344. The molecule has 4 heteroatoms. The highest BCUT2D eigenvalue weighted by molar-refractivity contribution is 7.15. The molecular weight excluding hydrogens is 194 g/mol. The normalized spacial score (nSPS) is 21.0. The molecule has 0 spiro atoms. The van der Waals surface area contributed by atoms with Crippen molar-refractivity contribution in [1.82, 2.24) is 4.98 Å². The van der Waals surface area contributed by atoms with Gasteiger partial charge in [-0.15, -0.1) is 11.3 Å². The first-order valence-corrected chi connectivity index (χ1v) is 5.97. The maximum absolute atomic E-state index is 5.35. The van der Waals surface area contributed by atoms with Gasteiger partial charge in [0.25, 0.3) is 0 Å². The molecule has 0 saturated carbocycles. The van der Waals surface area contributed by atoms with Crippen molar-refractivity contribution in [3.05, 3.63) is 10.6 Å². The Morgan fingerprint density at radius 3 is 3.00 bits per heavy atom. The molecule has 1 unspecified atom stereocenters. The van der Waals surface area contributed by atoms with Crippen LogP contribution in [-0.4, -0.2) is 4.98 Å². The standard InChI is InChI=1S/C10H17N3S/c1-6(2)7-3-4-8-9(5-7)14-10(12-8)13-11/h6-7H,3-5,11H2,1-2H3,(H,12,13). The first-order valence-electron chi connectivity index (χ1n) is 5.16. The van der Waals surface area contributed by atoms with Crippen molar-refractivity contribution < 1.29 is 0 Å². The predicted octanol–water partition coefficient (Wildman–Crippen LogP) is 2.19. The van der Waals surface area contributed by atoms with Gasteiger partial charge < -0.3 is 0 Å². The number of hydrogen-bond acceptors (Lipinski definition) is 4. The second-order valence-corrected chi connectivity index (χ2v) is 5.36. The van der Waals surface area contributed by atoms with Gasteiger partial charge in [0.1, 0.15) is 0 Å². The van der Waals surface area contributed by atoms with E-state index in [1.165, 1.54) is 23.4 Å². The molecule has 1 aromatic rings. The molecule has 14 heavy (non-hydrogen) atoms. The van der Waals surface area contributed by atoms with Crippen LogP contribution in [0.1, 0.15) is 30.8 Å². The zero-order valence-corrected chi connectivity index (χ0v) is 9.53. The molecule has 1 heterocycles. The minimum atomic E-state index is 0.777. The Morgan fingerprint density at radius 2 is 2.36 bits per heavy atom. The van der Waals surface area contributed by atoms with Crippen molar-refractivity contribution >= 4 is 16.5 Å². The van der Waals surface area contributed by atoms with Crippen LogP contribution in [0.3, 0.4) is 0 Å². The van der Waals surface area contributed by atoms with E-state index < -0.39 is 0 Å². The van der Waals surface area contributed by atoms with Crippen LogP contribution >= 0.6 is 11.3 Å². The lowest BCUT2D eigenvalue weighted by Gasteiger charge is -2.24. The molecule has 78 valence electrons. The summed E-state index contributed by atoms with van der Waals surface area (Å²) in [6.07, 6.45) is 3.58. The van der Waals surface area contributed by atoms with E-state index in [-0.39, 0.29) is 0 Å². The van der Waals surface area contributed by atoms with E-state index in [2.05, 4.69) is 24.3 Å². The zero-order chi connectivity index (χ0) is 10.1. The number of aryl methyl sites for hydroxylation is 1. The quantitative estimate of drug-likeness (QED) is 0.582. The first kappa shape index (κ1) is 9.93. The number of hydrazine groups is 1. The summed E-state index contributed by atoms with van der Waals surface area (Å²) in [6.45, 7) is 4.61. The van der Waals surface area contributed by atoms with Gasteiger partial charge >= 0.3 is 0 Å². The molecule has 0 saturated heterocycles. The van der Waals surface area contributed by atoms with Crippen molar-refractivity contribution in [3.63, 3.8) is 0 Å². The number of nitrogens with one attached hydrogen (secondary N) is 1. The van der Waals surface area contributed by atoms with Crippen LogP contribution < -0.4 is 11.3 Å². The van der Waals surface area contributed by atoms with Gasteiger partial charge in [-0.25, -0.2) is 10.8 Å². The second kappa shape index (κ2) is 3.87. The van der Waals surface area contributed by atoms with E-state index in [0.29, 0.717) is 0 Å². The van der Waals surface area contributed by atoms with Crippen molar-refractivity contribution in [3.8, 4) is 0 Å². The van der Waals surface area contributed by atoms with Crippen LogP contribution in [0.25, 0.3) is 0 Å². The minimum Gasteiger partial charge on any atom is -0.300 e. The zero-order valence-electron chi connectivity index (χ0n) is 8.71. The molecule has 0 fully saturated rings. The van der Waals surface area contributed by atoms with E-state index in [1.54, 1.807) is 11.3 Å². The third-order valence-electron chi connectivity index (χ3n) is 3.04. The highest BCUT2D eigenvalue weighted by Gasteiger charge is 2.24. The molecule has 1 aliphatic rings. The Morgan fingerprint density at radius 1 is 1.57 bits per heavy atom. The fourth-order valence-electron chi connectivity index (χ4n) is 2.03. The summed E-state index contributed by atoms with van der Waals surface area (Å²) >= 11 is 1.71. The van der Waals surface area contributed by atoms with E-state index in [0.717, 1.165) is 23.4 Å². The molecule has 3 N–H and O–H groups in total. The molecule has 0 amide bonds. The third kappa shape index (κ3) is 1.77. The monoisotopic (exact) mass is 211 g/mol. The van der Waals surface area contributed by atoms with Crippen LogP contribution in [0, 0.1) is 11.8 Å². The average Bonchev–Trinajstić information content (AvgIpc) is 2.58. The van der Waals surface area contributed by atoms with Crippen LogP contribution in [0.2, 0.25) is 0 Å². The van der Waals surface area contributed by atoms with Crippen molar-refractivity contribution in [1.29, 1.82) is 0 Å². The topological polar surface area (TPSA) is 50.9 Å².